The molecule has 32 heavy (non-hydrogen) atoms. The van der Waals surface area contributed by atoms with Crippen LogP contribution in [0.5, 0.6) is 11.5 Å². The molecule has 0 radical (unpaired) electrons. The highest BCUT2D eigenvalue weighted by molar-refractivity contribution is 6.11. The molecule has 0 aliphatic heterocycles. The van der Waals surface area contributed by atoms with E-state index in [4.69, 9.17) is 0 Å². The summed E-state index contributed by atoms with van der Waals surface area (Å²) >= 11 is 0. The first-order valence-corrected chi connectivity index (χ1v) is 9.65. The third-order valence-electron chi connectivity index (χ3n) is 4.26. The Balaban J connectivity index is 1.62. The predicted octanol–water partition coefficient (Wildman–Crippen LogP) is 3.72. The van der Waals surface area contributed by atoms with Crippen molar-refractivity contribution in [1.29, 1.82) is 0 Å². The minimum absolute atomic E-state index is 0.118. The van der Waals surface area contributed by atoms with Crippen molar-refractivity contribution in [3.63, 3.8) is 0 Å². The van der Waals surface area contributed by atoms with E-state index < -0.39 is 23.1 Å². The van der Waals surface area contributed by atoms with Gasteiger partial charge in [-0.3, -0.25) is 9.59 Å². The summed E-state index contributed by atoms with van der Waals surface area (Å²) in [5.41, 5.74) is 12.6. The van der Waals surface area contributed by atoms with E-state index >= 15 is 0 Å². The minimum atomic E-state index is -0.549. The zero-order valence-corrected chi connectivity index (χ0v) is 16.9. The number of phenols is 2. The molecule has 0 aliphatic carbocycles. The second-order valence-corrected chi connectivity index (χ2v) is 6.55. The fraction of sp³-hybridized carbons (Fsp3) is 0. The van der Waals surface area contributed by atoms with Gasteiger partial charge in [-0.05, 0) is 30.3 Å². The second kappa shape index (κ2) is 10.9. The number of allylic oxidation sites excluding steroid dienone is 2. The largest absolute Gasteiger partial charge is 0.507 e. The molecule has 3 aromatic rings. The van der Waals surface area contributed by atoms with Gasteiger partial charge < -0.3 is 31.9 Å². The molecule has 0 unspecified atom stereocenters. The van der Waals surface area contributed by atoms with Crippen LogP contribution in [0.15, 0.2) is 97.3 Å². The van der Waals surface area contributed by atoms with Gasteiger partial charge in [0.1, 0.15) is 11.5 Å². The number of carbonyl (C=O) groups is 2. The predicted molar refractivity (Wildman–Crippen MR) is 123 cm³/mol. The highest BCUT2D eigenvalue weighted by Crippen LogP contribution is 2.28. The van der Waals surface area contributed by atoms with Crippen molar-refractivity contribution in [2.24, 2.45) is 0 Å². The number of rotatable bonds is 10. The first-order valence-electron chi connectivity index (χ1n) is 9.65. The number of nitrogens with one attached hydrogen (secondary N) is 4. The normalized spacial score (nSPS) is 10.8. The molecular formula is C24H22N4O4. The Morgan fingerprint density at radius 2 is 1.03 bits per heavy atom. The van der Waals surface area contributed by atoms with E-state index in [1.165, 1.54) is 24.6 Å². The van der Waals surface area contributed by atoms with Gasteiger partial charge in [0.05, 0.1) is 22.5 Å². The van der Waals surface area contributed by atoms with Crippen molar-refractivity contribution in [2.45, 2.75) is 0 Å². The number of benzene rings is 3. The Kier molecular flexibility index (Phi) is 7.48. The number of anilines is 2. The summed E-state index contributed by atoms with van der Waals surface area (Å²) in [7, 11) is 0. The van der Waals surface area contributed by atoms with Gasteiger partial charge in [-0.2, -0.15) is 0 Å². The number of hydrogen-bond donors (Lipinski definition) is 6. The summed E-state index contributed by atoms with van der Waals surface area (Å²) in [4.78, 5) is 24.9. The summed E-state index contributed by atoms with van der Waals surface area (Å²) in [6.07, 6.45) is 5.11. The Labute approximate surface area is 184 Å². The first-order chi connectivity index (χ1) is 15.5. The maximum Gasteiger partial charge on any atom is 0.191 e. The lowest BCUT2D eigenvalue weighted by molar-refractivity contribution is 0.104. The van der Waals surface area contributed by atoms with Gasteiger partial charge >= 0.3 is 0 Å². The molecule has 0 aromatic heterocycles. The van der Waals surface area contributed by atoms with E-state index in [0.717, 1.165) is 23.5 Å². The molecule has 8 nitrogen and oxygen atoms in total. The molecule has 0 amide bonds. The number of carbonyl (C=O) groups excluding carboxylic acids is 2. The first kappa shape index (κ1) is 22.0. The number of aromatic hydroxyl groups is 2. The molecule has 0 atom stereocenters. The molecule has 162 valence electrons. The summed E-state index contributed by atoms with van der Waals surface area (Å²) < 4.78 is 0. The molecule has 0 spiro atoms. The molecule has 0 saturated heterocycles. The van der Waals surface area contributed by atoms with E-state index in [9.17, 15) is 19.8 Å². The molecule has 8 heteroatoms. The lowest BCUT2D eigenvalue weighted by Gasteiger charge is -2.08. The van der Waals surface area contributed by atoms with Crippen LogP contribution in [0.1, 0.15) is 20.7 Å². The Bertz CT molecular complexity index is 1040. The molecular weight excluding hydrogens is 408 g/mol. The van der Waals surface area contributed by atoms with Crippen LogP contribution in [-0.4, -0.2) is 21.8 Å². The molecule has 6 N–H and O–H groups in total. The summed E-state index contributed by atoms with van der Waals surface area (Å²) in [6, 6.07) is 20.6. The molecule has 3 rings (SSSR count). The third-order valence-corrected chi connectivity index (χ3v) is 4.26. The molecule has 0 fully saturated rings. The number of hydrogen-bond acceptors (Lipinski definition) is 8. The van der Waals surface area contributed by atoms with Gasteiger partial charge in [-0.1, -0.05) is 36.4 Å². The van der Waals surface area contributed by atoms with Gasteiger partial charge in [-0.15, -0.1) is 0 Å². The van der Waals surface area contributed by atoms with Crippen LogP contribution < -0.4 is 21.7 Å². The Morgan fingerprint density at radius 1 is 0.625 bits per heavy atom. The fourth-order valence-electron chi connectivity index (χ4n) is 2.68. The molecule has 3 aromatic carbocycles. The molecule has 0 heterocycles. The van der Waals surface area contributed by atoms with Gasteiger partial charge in [0.2, 0.25) is 0 Å². The van der Waals surface area contributed by atoms with Crippen molar-refractivity contribution in [3.8, 4) is 11.5 Å². The second-order valence-electron chi connectivity index (χ2n) is 6.55. The summed E-state index contributed by atoms with van der Waals surface area (Å²) in [5, 5.41) is 20.1. The maximum atomic E-state index is 12.4. The lowest BCUT2D eigenvalue weighted by atomic mass is 10.0. The van der Waals surface area contributed by atoms with Gasteiger partial charge in [-0.25, -0.2) is 0 Å². The molecule has 0 bridgehead atoms. The van der Waals surface area contributed by atoms with Crippen molar-refractivity contribution >= 4 is 22.9 Å². The van der Waals surface area contributed by atoms with Crippen molar-refractivity contribution in [1.82, 2.24) is 10.9 Å². The van der Waals surface area contributed by atoms with Crippen molar-refractivity contribution in [2.75, 3.05) is 10.9 Å². The van der Waals surface area contributed by atoms with Crippen molar-refractivity contribution in [3.05, 3.63) is 108 Å². The van der Waals surface area contributed by atoms with Crippen molar-refractivity contribution < 1.29 is 19.8 Å². The average Bonchev–Trinajstić information content (AvgIpc) is 2.81. The van der Waals surface area contributed by atoms with E-state index in [-0.39, 0.29) is 11.1 Å². The van der Waals surface area contributed by atoms with Crippen LogP contribution in [-0.2, 0) is 0 Å². The summed E-state index contributed by atoms with van der Waals surface area (Å²) in [6.45, 7) is 0. The van der Waals surface area contributed by atoms with Gasteiger partial charge in [0.15, 0.2) is 11.6 Å². The van der Waals surface area contributed by atoms with E-state index in [2.05, 4.69) is 21.7 Å². The summed E-state index contributed by atoms with van der Waals surface area (Å²) in [5.74, 6) is -1.96. The highest BCUT2D eigenvalue weighted by atomic mass is 16.3. The van der Waals surface area contributed by atoms with E-state index in [0.29, 0.717) is 0 Å². The lowest BCUT2D eigenvalue weighted by Crippen LogP contribution is -2.15. The zero-order chi connectivity index (χ0) is 22.8. The molecule has 0 saturated carbocycles. The maximum absolute atomic E-state index is 12.4. The monoisotopic (exact) mass is 430 g/mol. The van der Waals surface area contributed by atoms with E-state index in [1.807, 2.05) is 60.7 Å². The van der Waals surface area contributed by atoms with E-state index in [1.54, 1.807) is 0 Å². The Hall–Kier alpha value is -4.72. The average molecular weight is 430 g/mol. The smallest absolute Gasteiger partial charge is 0.191 e. The number of para-hydroxylation sites is 2. The van der Waals surface area contributed by atoms with Crippen LogP contribution in [0.4, 0.5) is 11.4 Å². The highest BCUT2D eigenvalue weighted by Gasteiger charge is 2.16. The number of ketones is 2. The number of phenolic OH excluding ortho intramolecular Hbond substituents is 2. The van der Waals surface area contributed by atoms with Crippen LogP contribution in [0.25, 0.3) is 0 Å². The molecule has 0 aliphatic rings. The van der Waals surface area contributed by atoms with Crippen LogP contribution in [0.3, 0.4) is 0 Å². The topological polar surface area (TPSA) is 123 Å². The Morgan fingerprint density at radius 3 is 1.44 bits per heavy atom. The van der Waals surface area contributed by atoms with Gasteiger partial charge in [0, 0.05) is 30.6 Å². The quantitative estimate of drug-likeness (QED) is 0.163. The standard InChI is InChI=1S/C24H22N4O4/c29-21(11-13-25-27-17-7-3-1-4-8-17)19-15-20(24(32)16-23(19)31)22(30)12-14-26-28-18-9-5-2-6-10-18/h1-16,25-28,31-32H/b13-11+,14-12+. The van der Waals surface area contributed by atoms with Crippen LogP contribution in [0, 0.1) is 0 Å². The van der Waals surface area contributed by atoms with Crippen LogP contribution in [0.2, 0.25) is 0 Å². The number of hydrazine groups is 2. The minimum Gasteiger partial charge on any atom is -0.507 e. The third kappa shape index (κ3) is 6.14. The SMILES string of the molecule is O=C(/C=C/NNc1ccccc1)c1cc(C(=O)/C=C/NNc2ccccc2)c(O)cc1O. The fourth-order valence-corrected chi connectivity index (χ4v) is 2.68. The zero-order valence-electron chi connectivity index (χ0n) is 16.9. The van der Waals surface area contributed by atoms with Gasteiger partial charge in [0.25, 0.3) is 0 Å². The van der Waals surface area contributed by atoms with Crippen LogP contribution >= 0.6 is 0 Å².